The van der Waals surface area contributed by atoms with Gasteiger partial charge in [-0.15, -0.1) is 0 Å². The maximum atomic E-state index is 6.07. The minimum Gasteiger partial charge on any atom is -0.331 e. The molecule has 1 fully saturated rings. The van der Waals surface area contributed by atoms with E-state index in [0.29, 0.717) is 18.6 Å². The topological polar surface area (TPSA) is 50.3 Å². The van der Waals surface area contributed by atoms with Crippen molar-refractivity contribution >= 4 is 0 Å². The van der Waals surface area contributed by atoms with Crippen LogP contribution in [-0.4, -0.2) is 59.1 Å². The van der Waals surface area contributed by atoms with Gasteiger partial charge in [-0.1, -0.05) is 0 Å². The summed E-state index contributed by atoms with van der Waals surface area (Å²) in [6, 6.07) is 1.30. The summed E-state index contributed by atoms with van der Waals surface area (Å²) in [5.41, 5.74) is 7.31. The molecule has 114 valence electrons. The first-order valence-corrected chi connectivity index (χ1v) is 7.66. The zero-order chi connectivity index (χ0) is 14.7. The number of nitrogens with zero attached hydrogens (tertiary/aromatic N) is 4. The lowest BCUT2D eigenvalue weighted by molar-refractivity contribution is 0.106. The van der Waals surface area contributed by atoms with Crippen molar-refractivity contribution in [2.24, 2.45) is 5.73 Å². The highest BCUT2D eigenvalue weighted by molar-refractivity contribution is 5.08. The fraction of sp³-hybridized carbons (Fsp3) is 0.800. The Morgan fingerprint density at radius 2 is 2.05 bits per heavy atom. The van der Waals surface area contributed by atoms with Crippen LogP contribution in [0.1, 0.15) is 44.5 Å². The Morgan fingerprint density at radius 1 is 1.40 bits per heavy atom. The molecule has 0 aromatic carbocycles. The first-order chi connectivity index (χ1) is 9.54. The Kier molecular flexibility index (Phi) is 5.18. The number of likely N-dealkylation sites (tertiary alicyclic amines) is 1. The van der Waals surface area contributed by atoms with Crippen molar-refractivity contribution in [3.8, 4) is 0 Å². The molecule has 1 aromatic rings. The Hall–Kier alpha value is -0.910. The van der Waals surface area contributed by atoms with Crippen LogP contribution < -0.4 is 5.73 Å². The Bertz CT molecular complexity index is 406. The van der Waals surface area contributed by atoms with Crippen molar-refractivity contribution in [3.63, 3.8) is 0 Å². The van der Waals surface area contributed by atoms with Gasteiger partial charge in [-0.2, -0.15) is 0 Å². The summed E-state index contributed by atoms with van der Waals surface area (Å²) in [6.45, 7) is 7.37. The smallest absolute Gasteiger partial charge is 0.0951 e. The number of hydrogen-bond acceptors (Lipinski definition) is 4. The normalized spacial score (nSPS) is 19.9. The minimum absolute atomic E-state index is 0.258. The summed E-state index contributed by atoms with van der Waals surface area (Å²) in [5, 5.41) is 0. The second kappa shape index (κ2) is 6.70. The van der Waals surface area contributed by atoms with E-state index in [4.69, 9.17) is 5.73 Å². The van der Waals surface area contributed by atoms with Gasteiger partial charge in [0, 0.05) is 24.8 Å². The van der Waals surface area contributed by atoms with Gasteiger partial charge in [0.15, 0.2) is 0 Å². The van der Waals surface area contributed by atoms with Crippen LogP contribution in [0.25, 0.3) is 0 Å². The lowest BCUT2D eigenvalue weighted by atomic mass is 10.0. The molecule has 1 saturated heterocycles. The summed E-state index contributed by atoms with van der Waals surface area (Å²) < 4.78 is 2.24. The number of nitrogens with two attached hydrogens (primary N) is 1. The number of imidazole rings is 1. The van der Waals surface area contributed by atoms with Gasteiger partial charge in [-0.3, -0.25) is 4.90 Å². The first kappa shape index (κ1) is 15.5. The van der Waals surface area contributed by atoms with Crippen LogP contribution >= 0.6 is 0 Å². The van der Waals surface area contributed by atoms with E-state index < -0.39 is 0 Å². The Balaban J connectivity index is 2.12. The van der Waals surface area contributed by atoms with Gasteiger partial charge in [0.25, 0.3) is 0 Å². The molecule has 1 aliphatic heterocycles. The highest BCUT2D eigenvalue weighted by atomic mass is 15.2. The summed E-state index contributed by atoms with van der Waals surface area (Å²) in [6.07, 6.45) is 6.34. The third kappa shape index (κ3) is 3.22. The molecule has 20 heavy (non-hydrogen) atoms. The average Bonchev–Trinajstić information content (AvgIpc) is 2.89. The van der Waals surface area contributed by atoms with Gasteiger partial charge in [-0.05, 0) is 53.9 Å². The molecule has 0 bridgehead atoms. The molecule has 2 heterocycles. The molecule has 0 aliphatic carbocycles. The molecule has 1 aliphatic rings. The largest absolute Gasteiger partial charge is 0.331 e. The molecular weight excluding hydrogens is 250 g/mol. The van der Waals surface area contributed by atoms with Crippen molar-refractivity contribution in [2.75, 3.05) is 33.7 Å². The fourth-order valence-corrected chi connectivity index (χ4v) is 3.16. The van der Waals surface area contributed by atoms with Gasteiger partial charge in [-0.25, -0.2) is 4.98 Å². The van der Waals surface area contributed by atoms with Gasteiger partial charge in [0.05, 0.1) is 18.1 Å². The maximum Gasteiger partial charge on any atom is 0.0951 e. The quantitative estimate of drug-likeness (QED) is 0.887. The molecule has 1 aromatic heterocycles. The van der Waals surface area contributed by atoms with Crippen molar-refractivity contribution in [1.82, 2.24) is 19.4 Å². The van der Waals surface area contributed by atoms with Crippen LogP contribution in [0, 0.1) is 0 Å². The van der Waals surface area contributed by atoms with E-state index in [1.807, 2.05) is 12.5 Å². The van der Waals surface area contributed by atoms with Crippen molar-refractivity contribution in [2.45, 2.75) is 44.8 Å². The third-order valence-corrected chi connectivity index (χ3v) is 4.57. The zero-order valence-corrected chi connectivity index (χ0v) is 13.3. The summed E-state index contributed by atoms with van der Waals surface area (Å²) in [5.74, 6) is 0. The highest BCUT2D eigenvalue weighted by Gasteiger charge is 2.28. The van der Waals surface area contributed by atoms with E-state index in [9.17, 15) is 0 Å². The number of rotatable bonds is 5. The third-order valence-electron chi connectivity index (χ3n) is 4.57. The van der Waals surface area contributed by atoms with E-state index >= 15 is 0 Å². The maximum absolute atomic E-state index is 6.07. The lowest BCUT2D eigenvalue weighted by Crippen LogP contribution is -2.45. The molecule has 0 spiro atoms. The molecule has 1 atom stereocenters. The van der Waals surface area contributed by atoms with Crippen LogP contribution in [0.2, 0.25) is 0 Å². The number of hydrogen-bond donors (Lipinski definition) is 1. The molecule has 2 rings (SSSR count). The molecule has 0 saturated carbocycles. The summed E-state index contributed by atoms with van der Waals surface area (Å²) in [4.78, 5) is 9.19. The number of aromatic nitrogens is 2. The minimum atomic E-state index is 0.258. The van der Waals surface area contributed by atoms with Crippen molar-refractivity contribution < 1.29 is 0 Å². The molecule has 2 N–H and O–H groups in total. The van der Waals surface area contributed by atoms with E-state index in [1.54, 1.807) is 0 Å². The van der Waals surface area contributed by atoms with Crippen LogP contribution in [-0.2, 0) is 0 Å². The van der Waals surface area contributed by atoms with Crippen LogP contribution in [0.4, 0.5) is 0 Å². The van der Waals surface area contributed by atoms with Crippen molar-refractivity contribution in [3.05, 3.63) is 18.2 Å². The number of likely N-dealkylation sites (N-methyl/N-ethyl adjacent to an activating group) is 1. The molecule has 5 heteroatoms. The zero-order valence-electron chi connectivity index (χ0n) is 13.3. The van der Waals surface area contributed by atoms with Gasteiger partial charge >= 0.3 is 0 Å². The molecule has 1 unspecified atom stereocenters. The van der Waals surface area contributed by atoms with Crippen molar-refractivity contribution in [1.29, 1.82) is 0 Å². The predicted octanol–water partition coefficient (Wildman–Crippen LogP) is 1.49. The standard InChI is InChI=1S/C15H29N5/c1-12(2)20-11-17-10-15(20)14(9-16)19(4)13-5-7-18(3)8-6-13/h10-14H,5-9,16H2,1-4H3. The first-order valence-electron chi connectivity index (χ1n) is 7.66. The Morgan fingerprint density at radius 3 is 2.60 bits per heavy atom. The second-order valence-electron chi connectivity index (χ2n) is 6.27. The Labute approximate surface area is 122 Å². The van der Waals surface area contributed by atoms with Gasteiger partial charge in [0.1, 0.15) is 0 Å². The SMILES string of the molecule is CC(C)n1cncc1C(CN)N(C)C1CCN(C)CC1. The van der Waals surface area contributed by atoms with E-state index in [-0.39, 0.29) is 6.04 Å². The molecular formula is C15H29N5. The molecule has 5 nitrogen and oxygen atoms in total. The average molecular weight is 279 g/mol. The van der Waals surface area contributed by atoms with Gasteiger partial charge in [0.2, 0.25) is 0 Å². The summed E-state index contributed by atoms with van der Waals surface area (Å²) >= 11 is 0. The van der Waals surface area contributed by atoms with E-state index in [0.717, 1.165) is 0 Å². The van der Waals surface area contributed by atoms with E-state index in [1.165, 1.54) is 31.6 Å². The van der Waals surface area contributed by atoms with Gasteiger partial charge < -0.3 is 15.2 Å². The number of piperidine rings is 1. The second-order valence-corrected chi connectivity index (χ2v) is 6.27. The van der Waals surface area contributed by atoms with Crippen LogP contribution in [0.15, 0.2) is 12.5 Å². The molecule has 0 radical (unpaired) electrons. The fourth-order valence-electron chi connectivity index (χ4n) is 3.16. The van der Waals surface area contributed by atoms with E-state index in [2.05, 4.69) is 47.3 Å². The highest BCUT2D eigenvalue weighted by Crippen LogP contribution is 2.26. The monoisotopic (exact) mass is 279 g/mol. The molecule has 0 amide bonds. The summed E-state index contributed by atoms with van der Waals surface area (Å²) in [7, 11) is 4.41. The predicted molar refractivity (Wildman–Crippen MR) is 82.7 cm³/mol. The van der Waals surface area contributed by atoms with Crippen LogP contribution in [0.5, 0.6) is 0 Å². The lowest BCUT2D eigenvalue weighted by Gasteiger charge is -2.39. The van der Waals surface area contributed by atoms with Crippen LogP contribution in [0.3, 0.4) is 0 Å².